The number of aromatic nitrogens is 2. The number of ether oxygens (including phenoxy) is 1. The van der Waals surface area contributed by atoms with Crippen molar-refractivity contribution in [2.24, 2.45) is 0 Å². The molecule has 6 heteroatoms. The largest absolute Gasteiger partial charge is 0.444 e. The second kappa shape index (κ2) is 6.93. The molecule has 2 heterocycles. The van der Waals surface area contributed by atoms with Gasteiger partial charge < -0.3 is 15.0 Å². The maximum Gasteiger partial charge on any atom is 0.410 e. The van der Waals surface area contributed by atoms with E-state index in [9.17, 15) is 4.79 Å². The molecule has 0 saturated carbocycles. The Morgan fingerprint density at radius 1 is 1.38 bits per heavy atom. The van der Waals surface area contributed by atoms with Crippen molar-refractivity contribution in [2.75, 3.05) is 19.6 Å². The Kier molecular flexibility index (Phi) is 5.22. The van der Waals surface area contributed by atoms with Gasteiger partial charge in [-0.05, 0) is 39.7 Å². The number of amides is 1. The van der Waals surface area contributed by atoms with Crippen molar-refractivity contribution in [3.63, 3.8) is 0 Å². The molecule has 1 saturated heterocycles. The van der Waals surface area contributed by atoms with Crippen molar-refractivity contribution in [3.8, 4) is 0 Å². The van der Waals surface area contributed by atoms with Crippen LogP contribution >= 0.6 is 0 Å². The summed E-state index contributed by atoms with van der Waals surface area (Å²) in [6, 6.07) is 2.40. The van der Waals surface area contributed by atoms with Gasteiger partial charge in [-0.25, -0.2) is 4.79 Å². The smallest absolute Gasteiger partial charge is 0.410 e. The molecule has 1 fully saturated rings. The summed E-state index contributed by atoms with van der Waals surface area (Å²) in [6.45, 7) is 8.98. The van der Waals surface area contributed by atoms with Gasteiger partial charge in [0, 0.05) is 38.1 Å². The van der Waals surface area contributed by atoms with Crippen LogP contribution in [0.4, 0.5) is 4.79 Å². The van der Waals surface area contributed by atoms with Gasteiger partial charge in [-0.1, -0.05) is 0 Å². The molecule has 2 rings (SSSR count). The zero-order chi connectivity index (χ0) is 15.3. The van der Waals surface area contributed by atoms with Gasteiger partial charge in [0.05, 0.1) is 6.54 Å². The fraction of sp³-hybridized carbons (Fsp3) is 0.733. The first-order valence-electron chi connectivity index (χ1n) is 7.63. The minimum absolute atomic E-state index is 0.197. The number of hydrogen-bond acceptors (Lipinski definition) is 4. The van der Waals surface area contributed by atoms with Crippen molar-refractivity contribution in [1.82, 2.24) is 20.0 Å². The van der Waals surface area contributed by atoms with Crippen molar-refractivity contribution in [2.45, 2.75) is 51.8 Å². The van der Waals surface area contributed by atoms with E-state index < -0.39 is 5.60 Å². The molecule has 0 radical (unpaired) electrons. The van der Waals surface area contributed by atoms with E-state index in [0.29, 0.717) is 6.04 Å². The molecule has 0 atom stereocenters. The van der Waals surface area contributed by atoms with Crippen molar-refractivity contribution in [1.29, 1.82) is 0 Å². The van der Waals surface area contributed by atoms with Gasteiger partial charge in [0.25, 0.3) is 0 Å². The fourth-order valence-electron chi connectivity index (χ4n) is 2.41. The third kappa shape index (κ3) is 5.38. The lowest BCUT2D eigenvalue weighted by molar-refractivity contribution is 0.0198. The predicted octanol–water partition coefficient (Wildman–Crippen LogP) is 1.87. The number of nitrogens with one attached hydrogen (secondary N) is 1. The molecule has 0 unspecified atom stereocenters. The van der Waals surface area contributed by atoms with E-state index in [2.05, 4.69) is 10.4 Å². The van der Waals surface area contributed by atoms with E-state index in [-0.39, 0.29) is 6.09 Å². The van der Waals surface area contributed by atoms with Crippen molar-refractivity contribution in [3.05, 3.63) is 18.5 Å². The van der Waals surface area contributed by atoms with Gasteiger partial charge in [0.15, 0.2) is 0 Å². The van der Waals surface area contributed by atoms with E-state index in [1.165, 1.54) is 0 Å². The summed E-state index contributed by atoms with van der Waals surface area (Å²) in [6.07, 6.45) is 5.50. The maximum atomic E-state index is 12.0. The lowest BCUT2D eigenvalue weighted by atomic mass is 10.1. The zero-order valence-corrected chi connectivity index (χ0v) is 13.2. The normalized spacial score (nSPS) is 17.0. The molecule has 1 aliphatic rings. The van der Waals surface area contributed by atoms with Crippen LogP contribution < -0.4 is 5.32 Å². The number of likely N-dealkylation sites (tertiary alicyclic amines) is 1. The molecule has 1 N–H and O–H groups in total. The Labute approximate surface area is 126 Å². The molecule has 0 bridgehead atoms. The standard InChI is InChI=1S/C15H26N4O2/c1-15(2,3)21-14(20)18-10-5-13(6-11-18)16-8-12-19-9-4-7-17-19/h4,7,9,13,16H,5-6,8,10-12H2,1-3H3. The highest BCUT2D eigenvalue weighted by Crippen LogP contribution is 2.15. The Bertz CT molecular complexity index is 431. The Hall–Kier alpha value is -1.56. The van der Waals surface area contributed by atoms with Gasteiger partial charge in [-0.3, -0.25) is 4.68 Å². The minimum Gasteiger partial charge on any atom is -0.444 e. The first-order valence-corrected chi connectivity index (χ1v) is 7.63. The van der Waals surface area contributed by atoms with Crippen molar-refractivity contribution < 1.29 is 9.53 Å². The Morgan fingerprint density at radius 2 is 2.10 bits per heavy atom. The molecule has 1 aromatic rings. The van der Waals surface area contributed by atoms with Gasteiger partial charge in [0.1, 0.15) is 5.60 Å². The van der Waals surface area contributed by atoms with Crippen LogP contribution in [0.2, 0.25) is 0 Å². The highest BCUT2D eigenvalue weighted by Gasteiger charge is 2.26. The first kappa shape index (κ1) is 15.8. The number of carbonyl (C=O) groups excluding carboxylic acids is 1. The number of hydrogen-bond donors (Lipinski definition) is 1. The Balaban J connectivity index is 1.65. The average molecular weight is 294 g/mol. The van der Waals surface area contributed by atoms with Crippen molar-refractivity contribution >= 4 is 6.09 Å². The average Bonchev–Trinajstić information content (AvgIpc) is 2.91. The van der Waals surface area contributed by atoms with Crippen LogP contribution in [0, 0.1) is 0 Å². The highest BCUT2D eigenvalue weighted by atomic mass is 16.6. The first-order chi connectivity index (χ1) is 9.94. The summed E-state index contributed by atoms with van der Waals surface area (Å²) in [4.78, 5) is 13.8. The van der Waals surface area contributed by atoms with Crippen LogP contribution in [-0.2, 0) is 11.3 Å². The summed E-state index contributed by atoms with van der Waals surface area (Å²) < 4.78 is 7.32. The highest BCUT2D eigenvalue weighted by molar-refractivity contribution is 5.68. The monoisotopic (exact) mass is 294 g/mol. The van der Waals surface area contributed by atoms with E-state index in [1.807, 2.05) is 37.7 Å². The zero-order valence-electron chi connectivity index (χ0n) is 13.2. The Morgan fingerprint density at radius 3 is 2.67 bits per heavy atom. The lowest BCUT2D eigenvalue weighted by Crippen LogP contribution is -2.47. The third-order valence-corrected chi connectivity index (χ3v) is 3.48. The van der Waals surface area contributed by atoms with Crippen LogP contribution in [0.1, 0.15) is 33.6 Å². The molecule has 1 aromatic heterocycles. The molecule has 1 amide bonds. The second-order valence-electron chi connectivity index (χ2n) is 6.46. The van der Waals surface area contributed by atoms with E-state index >= 15 is 0 Å². The number of rotatable bonds is 4. The summed E-state index contributed by atoms with van der Waals surface area (Å²) >= 11 is 0. The van der Waals surface area contributed by atoms with Crippen LogP contribution in [-0.4, -0.2) is 52.1 Å². The summed E-state index contributed by atoms with van der Waals surface area (Å²) in [5.41, 5.74) is -0.421. The maximum absolute atomic E-state index is 12.0. The van der Waals surface area contributed by atoms with Crippen LogP contribution in [0.5, 0.6) is 0 Å². The van der Waals surface area contributed by atoms with Crippen LogP contribution in [0.25, 0.3) is 0 Å². The van der Waals surface area contributed by atoms with E-state index in [1.54, 1.807) is 11.1 Å². The minimum atomic E-state index is -0.421. The quantitative estimate of drug-likeness (QED) is 0.921. The SMILES string of the molecule is CC(C)(C)OC(=O)N1CCC(NCCn2cccn2)CC1. The van der Waals surface area contributed by atoms with Gasteiger partial charge in [-0.15, -0.1) is 0 Å². The topological polar surface area (TPSA) is 59.4 Å². The molecule has 1 aliphatic heterocycles. The molecular weight excluding hydrogens is 268 g/mol. The van der Waals surface area contributed by atoms with E-state index in [4.69, 9.17) is 4.74 Å². The van der Waals surface area contributed by atoms with Crippen LogP contribution in [0.3, 0.4) is 0 Å². The van der Waals surface area contributed by atoms with E-state index in [0.717, 1.165) is 39.0 Å². The van der Waals surface area contributed by atoms with Gasteiger partial charge >= 0.3 is 6.09 Å². The molecule has 118 valence electrons. The number of piperidine rings is 1. The number of nitrogens with zero attached hydrogens (tertiary/aromatic N) is 3. The van der Waals surface area contributed by atoms with Crippen LogP contribution in [0.15, 0.2) is 18.5 Å². The fourth-order valence-corrected chi connectivity index (χ4v) is 2.41. The summed E-state index contributed by atoms with van der Waals surface area (Å²) in [5, 5.41) is 7.70. The molecule has 21 heavy (non-hydrogen) atoms. The molecular formula is C15H26N4O2. The lowest BCUT2D eigenvalue weighted by Gasteiger charge is -2.33. The van der Waals surface area contributed by atoms with Gasteiger partial charge in [-0.2, -0.15) is 5.10 Å². The molecule has 6 nitrogen and oxygen atoms in total. The predicted molar refractivity (Wildman–Crippen MR) is 81.1 cm³/mol. The molecule has 0 aromatic carbocycles. The van der Waals surface area contributed by atoms with Gasteiger partial charge in [0.2, 0.25) is 0 Å². The summed E-state index contributed by atoms with van der Waals surface area (Å²) in [7, 11) is 0. The second-order valence-corrected chi connectivity index (χ2v) is 6.46. The molecule has 0 spiro atoms. The third-order valence-electron chi connectivity index (χ3n) is 3.48. The number of carbonyl (C=O) groups is 1. The summed E-state index contributed by atoms with van der Waals surface area (Å²) in [5.74, 6) is 0. The molecule has 0 aliphatic carbocycles.